The van der Waals surface area contributed by atoms with Crippen molar-refractivity contribution >= 4 is 71.2 Å². The van der Waals surface area contributed by atoms with E-state index in [1.54, 1.807) is 30.3 Å². The number of aliphatic hydroxyl groups excluding tert-OH is 1. The van der Waals surface area contributed by atoms with Gasteiger partial charge in [0.05, 0.1) is 71.5 Å². The lowest BCUT2D eigenvalue weighted by molar-refractivity contribution is -0.135. The van der Waals surface area contributed by atoms with Gasteiger partial charge in [0, 0.05) is 56.8 Å². The number of ether oxygens (including phenoxy) is 6. The number of amides is 10. The maximum Gasteiger partial charge on any atom is 0.408 e. The quantitative estimate of drug-likeness (QED) is 0.0151. The van der Waals surface area contributed by atoms with Gasteiger partial charge in [-0.3, -0.25) is 38.6 Å². The fraction of sp³-hybridized carbons (Fsp3) is 0.724. The van der Waals surface area contributed by atoms with E-state index in [-0.39, 0.29) is 114 Å². The molecule has 0 aromatic heterocycles. The summed E-state index contributed by atoms with van der Waals surface area (Å²) in [6.07, 6.45) is 5.89. The number of fused-ring (bicyclic) bond motifs is 1. The molecule has 0 spiro atoms. The van der Waals surface area contributed by atoms with E-state index in [2.05, 4.69) is 58.2 Å². The average molecular weight is 1280 g/mol. The fourth-order valence-corrected chi connectivity index (χ4v) is 10.6. The molecule has 2 aliphatic heterocycles. The van der Waals surface area contributed by atoms with E-state index in [4.69, 9.17) is 45.6 Å². The van der Waals surface area contributed by atoms with Crippen LogP contribution < -0.4 is 70.4 Å². The molecule has 1 aromatic carbocycles. The number of hydrogen-bond acceptors (Lipinski definition) is 19. The van der Waals surface area contributed by atoms with Crippen LogP contribution in [0.1, 0.15) is 103 Å². The third-order valence-corrected chi connectivity index (χ3v) is 15.3. The summed E-state index contributed by atoms with van der Waals surface area (Å²) in [7, 11) is 0. The fourth-order valence-electron chi connectivity index (χ4n) is 9.09. The van der Waals surface area contributed by atoms with E-state index < -0.39 is 72.9 Å². The van der Waals surface area contributed by atoms with Gasteiger partial charge in [-0.05, 0) is 75.8 Å². The molecule has 17 N–H and O–H groups in total. The number of urea groups is 1. The molecule has 0 bridgehead atoms. The predicted octanol–water partition coefficient (Wildman–Crippen LogP) is -1.60. The third kappa shape index (κ3) is 36.0. The van der Waals surface area contributed by atoms with Crippen molar-refractivity contribution in [3.05, 3.63) is 35.9 Å². The summed E-state index contributed by atoms with van der Waals surface area (Å²) in [5, 5.41) is 37.7. The number of aliphatic hydroxyl groups is 1. The van der Waals surface area contributed by atoms with Crippen LogP contribution in [-0.4, -0.2) is 224 Å². The average Bonchev–Trinajstić information content (AvgIpc) is 1.98. The zero-order valence-corrected chi connectivity index (χ0v) is 52.6. The Hall–Kier alpha value is -6.61. The van der Waals surface area contributed by atoms with E-state index in [0.717, 1.165) is 25.0 Å². The lowest BCUT2D eigenvalue weighted by Crippen LogP contribution is -2.59. The maximum atomic E-state index is 13.9. The van der Waals surface area contributed by atoms with Crippen molar-refractivity contribution in [3.63, 3.8) is 0 Å². The van der Waals surface area contributed by atoms with Crippen LogP contribution in [0.4, 0.5) is 9.59 Å². The van der Waals surface area contributed by atoms with Gasteiger partial charge < -0.3 is 104 Å². The van der Waals surface area contributed by atoms with Gasteiger partial charge in [0.25, 0.3) is 0 Å². The Kier molecular flexibility index (Phi) is 40.8. The molecular formula is C58H100N14O16S. The van der Waals surface area contributed by atoms with Crippen molar-refractivity contribution in [1.82, 2.24) is 53.2 Å². The minimum atomic E-state index is -1.57. The minimum Gasteiger partial charge on any atom is -0.445 e. The summed E-state index contributed by atoms with van der Waals surface area (Å²) in [6, 6.07) is 4.03. The van der Waals surface area contributed by atoms with Gasteiger partial charge in [0.1, 0.15) is 37.4 Å². The summed E-state index contributed by atoms with van der Waals surface area (Å²) in [4.78, 5) is 120. The molecule has 0 aliphatic carbocycles. The molecule has 2 heterocycles. The molecular weight excluding hydrogens is 1180 g/mol. The molecule has 0 radical (unpaired) electrons. The van der Waals surface area contributed by atoms with Gasteiger partial charge in [0.15, 0.2) is 5.96 Å². The van der Waals surface area contributed by atoms with Crippen molar-refractivity contribution in [2.45, 2.75) is 145 Å². The molecule has 10 amide bonds. The second-order valence-electron chi connectivity index (χ2n) is 21.7. The molecule has 30 nitrogen and oxygen atoms in total. The summed E-state index contributed by atoms with van der Waals surface area (Å²) in [5.74, 6) is -3.21. The second kappa shape index (κ2) is 47.4. The summed E-state index contributed by atoms with van der Waals surface area (Å²) < 4.78 is 32.8. The number of nitrogens with one attached hydrogen (secondary N) is 10. The smallest absolute Gasteiger partial charge is 0.408 e. The maximum absolute atomic E-state index is 13.9. The first-order valence-corrected chi connectivity index (χ1v) is 31.9. The van der Waals surface area contributed by atoms with Crippen molar-refractivity contribution in [3.8, 4) is 0 Å². The van der Waals surface area contributed by atoms with E-state index >= 15 is 0 Å². The summed E-state index contributed by atoms with van der Waals surface area (Å²) >= 11 is 1.88. The molecule has 89 heavy (non-hydrogen) atoms. The normalized spacial score (nSPS) is 16.3. The Labute approximate surface area is 526 Å². The number of nitrogens with zero attached hydrogens (tertiary/aromatic N) is 1. The molecule has 0 saturated carbocycles. The number of benzene rings is 1. The van der Waals surface area contributed by atoms with Crippen molar-refractivity contribution in [2.24, 2.45) is 28.1 Å². The number of carbonyl (C=O) groups is 9. The largest absolute Gasteiger partial charge is 0.445 e. The van der Waals surface area contributed by atoms with E-state index in [1.807, 2.05) is 25.6 Å². The predicted molar refractivity (Wildman–Crippen MR) is 333 cm³/mol. The monoisotopic (exact) mass is 1280 g/mol. The highest BCUT2D eigenvalue weighted by atomic mass is 32.2. The Morgan fingerprint density at radius 3 is 1.89 bits per heavy atom. The number of hydrogen-bond donors (Lipinski definition) is 14. The van der Waals surface area contributed by atoms with E-state index in [1.165, 1.54) is 0 Å². The van der Waals surface area contributed by atoms with Crippen LogP contribution >= 0.6 is 11.8 Å². The molecule has 2 aliphatic rings. The van der Waals surface area contributed by atoms with Gasteiger partial charge in [-0.15, -0.1) is 0 Å². The Morgan fingerprint density at radius 2 is 1.22 bits per heavy atom. The first-order chi connectivity index (χ1) is 43.0. The van der Waals surface area contributed by atoms with Gasteiger partial charge in [-0.25, -0.2) is 9.59 Å². The van der Waals surface area contributed by atoms with Crippen LogP contribution in [0, 0.1) is 5.92 Å². The Bertz CT molecular complexity index is 2280. The standard InChI is InChI=1S/C58H100N14O16S/c1-40(2)34-44(68-53(78)42(16-7-4-10-20-59)67-55(80)45(36-73)69-54(79)43(17-11-21-65-56(60)61)71-58(82)88-37-41-14-5-3-6-15-41)52(77)66-35-49(75)64-24-27-85-32-33-87-38-50(76)63-23-13-26-84-29-31-86-30-28-83-25-12-22-62-48(74)19-9-8-18-47-51-46(39-89-47)70-57(81)72-51/h3,5-6,14-15,40,42-47,51,73H,4,7-13,16-39,59H2,1-2H3,(H,62,74)(H,63,76)(H,64,75)(H,66,77)(H,67,80)(H,68,78)(H,69,79)(H,71,82)(H4,60,61,65)(H2,70,72,81)/t42-,43-,44-,45-,46-,47?,51-/m0/s1. The van der Waals surface area contributed by atoms with Crippen LogP contribution in [0.5, 0.6) is 0 Å². The molecule has 31 heteroatoms. The molecule has 504 valence electrons. The van der Waals surface area contributed by atoms with Gasteiger partial charge in [-0.2, -0.15) is 11.8 Å². The van der Waals surface area contributed by atoms with Crippen LogP contribution in [0.3, 0.4) is 0 Å². The number of nitrogens with two attached hydrogens (primary N) is 3. The number of carbonyl (C=O) groups excluding carboxylic acids is 9. The Balaban J connectivity index is 1.23. The highest BCUT2D eigenvalue weighted by Crippen LogP contribution is 2.33. The first-order valence-electron chi connectivity index (χ1n) is 30.9. The number of thioether (sulfide) groups is 1. The van der Waals surface area contributed by atoms with E-state index in [9.17, 15) is 48.3 Å². The second-order valence-corrected chi connectivity index (χ2v) is 23.0. The molecule has 7 atom stereocenters. The molecule has 1 unspecified atom stereocenters. The Morgan fingerprint density at radius 1 is 0.629 bits per heavy atom. The zero-order valence-electron chi connectivity index (χ0n) is 51.8. The number of aliphatic imine (C=N–C) groups is 1. The van der Waals surface area contributed by atoms with Crippen molar-refractivity contribution in [1.29, 1.82) is 0 Å². The van der Waals surface area contributed by atoms with Crippen molar-refractivity contribution < 1.29 is 76.7 Å². The molecule has 2 fully saturated rings. The molecule has 3 rings (SSSR count). The van der Waals surface area contributed by atoms with Gasteiger partial charge in [-0.1, -0.05) is 63.4 Å². The van der Waals surface area contributed by atoms with Crippen LogP contribution in [-0.2, 0) is 68.6 Å². The minimum absolute atomic E-state index is 0.0180. The number of rotatable bonds is 51. The number of guanidine groups is 1. The number of alkyl carbamates (subject to hydrolysis) is 1. The first kappa shape index (κ1) is 76.6. The third-order valence-electron chi connectivity index (χ3n) is 13.7. The van der Waals surface area contributed by atoms with Gasteiger partial charge in [0.2, 0.25) is 41.4 Å². The lowest BCUT2D eigenvalue weighted by atomic mass is 10.0. The van der Waals surface area contributed by atoms with Crippen LogP contribution in [0.25, 0.3) is 0 Å². The SMILES string of the molecule is CC(C)C[C@H](NC(=O)[C@H](CCCCCN)NC(=O)[C@H](CO)NC(=O)[C@H](CCCN=C(N)N)NC(=O)OCc1ccccc1)C(=O)NCC(=O)NCCOCCOCC(=O)NCCCOCCOCCOCCCNC(=O)CCCCC1SC[C@@H]2NC(=O)N[C@H]12. The summed E-state index contributed by atoms with van der Waals surface area (Å²) in [5.41, 5.74) is 17.2. The van der Waals surface area contributed by atoms with Crippen molar-refractivity contribution in [2.75, 3.05) is 118 Å². The topological polar surface area (TPSA) is 440 Å². The highest BCUT2D eigenvalue weighted by Gasteiger charge is 2.42. The lowest BCUT2D eigenvalue weighted by Gasteiger charge is -2.26. The summed E-state index contributed by atoms with van der Waals surface area (Å²) in [6.45, 7) is 6.74. The zero-order chi connectivity index (χ0) is 64.9. The van der Waals surface area contributed by atoms with Gasteiger partial charge >= 0.3 is 12.1 Å². The molecule has 1 aromatic rings. The highest BCUT2D eigenvalue weighted by molar-refractivity contribution is 8.00. The number of unbranched alkanes of at least 4 members (excludes halogenated alkanes) is 3. The van der Waals surface area contributed by atoms with Crippen LogP contribution in [0.15, 0.2) is 35.3 Å². The molecule has 2 saturated heterocycles. The van der Waals surface area contributed by atoms with Crippen LogP contribution in [0.2, 0.25) is 0 Å². The van der Waals surface area contributed by atoms with E-state index in [0.29, 0.717) is 109 Å².